The molecule has 1 fully saturated rings. The lowest BCUT2D eigenvalue weighted by Gasteiger charge is -2.34. The van der Waals surface area contributed by atoms with Crippen LogP contribution in [-0.4, -0.2) is 39.9 Å². The first-order chi connectivity index (χ1) is 8.70. The van der Waals surface area contributed by atoms with Crippen LogP contribution in [-0.2, 0) is 4.74 Å². The molecule has 0 aliphatic carbocycles. The molecule has 0 amide bonds. The van der Waals surface area contributed by atoms with E-state index in [1.54, 1.807) is 12.1 Å². The van der Waals surface area contributed by atoms with E-state index in [0.717, 1.165) is 31.9 Å². The average molecular weight is 252 g/mol. The van der Waals surface area contributed by atoms with E-state index in [0.29, 0.717) is 12.0 Å². The van der Waals surface area contributed by atoms with Gasteiger partial charge in [0.15, 0.2) is 0 Å². The molecule has 2 atom stereocenters. The number of hydrogen-bond acceptors (Lipinski definition) is 3. The maximum atomic E-state index is 13.2. The molecule has 1 N–H and O–H groups in total. The summed E-state index contributed by atoms with van der Waals surface area (Å²) >= 11 is 0. The Kier molecular flexibility index (Phi) is 4.55. The Labute approximate surface area is 108 Å². The van der Waals surface area contributed by atoms with E-state index in [4.69, 9.17) is 4.74 Å². The minimum absolute atomic E-state index is 0.190. The zero-order chi connectivity index (χ0) is 13.0. The molecule has 3 nitrogen and oxygen atoms in total. The molecule has 18 heavy (non-hydrogen) atoms. The van der Waals surface area contributed by atoms with Gasteiger partial charge in [0.05, 0.1) is 6.61 Å². The fourth-order valence-corrected chi connectivity index (χ4v) is 2.53. The summed E-state index contributed by atoms with van der Waals surface area (Å²) in [6, 6.07) is 7.19. The molecule has 1 aliphatic rings. The van der Waals surface area contributed by atoms with Crippen LogP contribution in [0, 0.1) is 11.7 Å². The molecule has 0 saturated carbocycles. The van der Waals surface area contributed by atoms with Crippen molar-refractivity contribution in [1.82, 2.24) is 5.32 Å². The smallest absolute Gasteiger partial charge is 0.125 e. The number of benzene rings is 1. The number of rotatable bonds is 4. The molecule has 2 unspecified atom stereocenters. The molecule has 1 aliphatic heterocycles. The third-order valence-electron chi connectivity index (χ3n) is 3.60. The van der Waals surface area contributed by atoms with Gasteiger partial charge in [0.25, 0.3) is 0 Å². The van der Waals surface area contributed by atoms with Crippen LogP contribution in [0.1, 0.15) is 6.42 Å². The summed E-state index contributed by atoms with van der Waals surface area (Å²) in [5.74, 6) is 0.251. The highest BCUT2D eigenvalue weighted by atomic mass is 19.1. The monoisotopic (exact) mass is 252 g/mol. The predicted molar refractivity (Wildman–Crippen MR) is 71.4 cm³/mol. The Bertz CT molecular complexity index is 386. The molecule has 0 aromatic heterocycles. The highest BCUT2D eigenvalue weighted by molar-refractivity contribution is 5.45. The van der Waals surface area contributed by atoms with E-state index in [2.05, 4.69) is 10.2 Å². The average Bonchev–Trinajstić information content (AvgIpc) is 2.39. The van der Waals surface area contributed by atoms with Gasteiger partial charge in [0.1, 0.15) is 5.82 Å². The first kappa shape index (κ1) is 13.3. The number of anilines is 1. The standard InChI is InChI=1S/C14H21FN2O/c1-16-14-6-7-18-10-11(14)9-17(2)13-5-3-4-12(15)8-13/h3-5,8,11,14,16H,6-7,9-10H2,1-2H3. The highest BCUT2D eigenvalue weighted by Crippen LogP contribution is 2.20. The van der Waals surface area contributed by atoms with Gasteiger partial charge in [-0.15, -0.1) is 0 Å². The molecule has 0 bridgehead atoms. The first-order valence-corrected chi connectivity index (χ1v) is 6.42. The first-order valence-electron chi connectivity index (χ1n) is 6.42. The molecule has 2 rings (SSSR count). The minimum Gasteiger partial charge on any atom is -0.381 e. The summed E-state index contributed by atoms with van der Waals surface area (Å²) in [6.07, 6.45) is 1.04. The zero-order valence-electron chi connectivity index (χ0n) is 11.0. The Morgan fingerprint density at radius 2 is 2.33 bits per heavy atom. The second-order valence-corrected chi connectivity index (χ2v) is 4.88. The van der Waals surface area contributed by atoms with Crippen LogP contribution in [0.2, 0.25) is 0 Å². The third kappa shape index (κ3) is 3.21. The molecular weight excluding hydrogens is 231 g/mol. The third-order valence-corrected chi connectivity index (χ3v) is 3.60. The van der Waals surface area contributed by atoms with E-state index in [-0.39, 0.29) is 5.82 Å². The van der Waals surface area contributed by atoms with Crippen molar-refractivity contribution in [3.63, 3.8) is 0 Å². The van der Waals surface area contributed by atoms with Crippen LogP contribution in [0.5, 0.6) is 0 Å². The number of hydrogen-bond donors (Lipinski definition) is 1. The quantitative estimate of drug-likeness (QED) is 0.885. The van der Waals surface area contributed by atoms with Crippen LogP contribution < -0.4 is 10.2 Å². The van der Waals surface area contributed by atoms with E-state index >= 15 is 0 Å². The molecule has 0 radical (unpaired) electrons. The van der Waals surface area contributed by atoms with Crippen molar-refractivity contribution in [3.05, 3.63) is 30.1 Å². The van der Waals surface area contributed by atoms with Gasteiger partial charge in [0.2, 0.25) is 0 Å². The molecule has 1 aromatic rings. The molecule has 1 heterocycles. The number of halogens is 1. The minimum atomic E-state index is -0.190. The topological polar surface area (TPSA) is 24.5 Å². The van der Waals surface area contributed by atoms with E-state index in [9.17, 15) is 4.39 Å². The lowest BCUT2D eigenvalue weighted by Crippen LogP contribution is -2.46. The second-order valence-electron chi connectivity index (χ2n) is 4.88. The van der Waals surface area contributed by atoms with E-state index in [1.807, 2.05) is 20.2 Å². The Morgan fingerprint density at radius 1 is 1.50 bits per heavy atom. The fraction of sp³-hybridized carbons (Fsp3) is 0.571. The van der Waals surface area contributed by atoms with Gasteiger partial charge >= 0.3 is 0 Å². The fourth-order valence-electron chi connectivity index (χ4n) is 2.53. The normalized spacial score (nSPS) is 23.9. The molecule has 1 aromatic carbocycles. The van der Waals surface area contributed by atoms with Gasteiger partial charge in [-0.1, -0.05) is 6.07 Å². The van der Waals surface area contributed by atoms with Crippen molar-refractivity contribution in [1.29, 1.82) is 0 Å². The lowest BCUT2D eigenvalue weighted by atomic mass is 9.95. The van der Waals surface area contributed by atoms with Crippen LogP contribution in [0.4, 0.5) is 10.1 Å². The van der Waals surface area contributed by atoms with Gasteiger partial charge < -0.3 is 15.0 Å². The van der Waals surface area contributed by atoms with Gasteiger partial charge in [-0.2, -0.15) is 0 Å². The summed E-state index contributed by atoms with van der Waals surface area (Å²) < 4.78 is 18.7. The van der Waals surface area contributed by atoms with E-state index in [1.165, 1.54) is 6.07 Å². The van der Waals surface area contributed by atoms with Crippen molar-refractivity contribution in [2.24, 2.45) is 5.92 Å². The maximum absolute atomic E-state index is 13.2. The largest absolute Gasteiger partial charge is 0.381 e. The number of nitrogens with zero attached hydrogens (tertiary/aromatic N) is 1. The Balaban J connectivity index is 1.99. The predicted octanol–water partition coefficient (Wildman–Crippen LogP) is 1.89. The van der Waals surface area contributed by atoms with E-state index < -0.39 is 0 Å². The summed E-state index contributed by atoms with van der Waals surface area (Å²) in [4.78, 5) is 2.09. The van der Waals surface area contributed by atoms with Crippen molar-refractivity contribution < 1.29 is 9.13 Å². The lowest BCUT2D eigenvalue weighted by molar-refractivity contribution is 0.0371. The van der Waals surface area contributed by atoms with Crippen molar-refractivity contribution >= 4 is 5.69 Å². The van der Waals surface area contributed by atoms with Gasteiger partial charge in [-0.3, -0.25) is 0 Å². The summed E-state index contributed by atoms with van der Waals surface area (Å²) in [5.41, 5.74) is 0.912. The summed E-state index contributed by atoms with van der Waals surface area (Å²) in [6.45, 7) is 2.46. The maximum Gasteiger partial charge on any atom is 0.125 e. The highest BCUT2D eigenvalue weighted by Gasteiger charge is 2.25. The van der Waals surface area contributed by atoms with Crippen LogP contribution in [0.25, 0.3) is 0 Å². The molecule has 1 saturated heterocycles. The van der Waals surface area contributed by atoms with Crippen molar-refractivity contribution in [3.8, 4) is 0 Å². The van der Waals surface area contributed by atoms with Gasteiger partial charge in [0, 0.05) is 37.8 Å². The number of ether oxygens (including phenoxy) is 1. The van der Waals surface area contributed by atoms with Crippen LogP contribution in [0.3, 0.4) is 0 Å². The van der Waals surface area contributed by atoms with Crippen LogP contribution in [0.15, 0.2) is 24.3 Å². The number of nitrogens with one attached hydrogen (secondary N) is 1. The van der Waals surface area contributed by atoms with Crippen LogP contribution >= 0.6 is 0 Å². The summed E-state index contributed by atoms with van der Waals surface area (Å²) in [7, 11) is 3.99. The summed E-state index contributed by atoms with van der Waals surface area (Å²) in [5, 5.41) is 3.34. The molecule has 0 spiro atoms. The molecule has 4 heteroatoms. The SMILES string of the molecule is CNC1CCOCC1CN(C)c1cccc(F)c1. The van der Waals surface area contributed by atoms with Crippen molar-refractivity contribution in [2.75, 3.05) is 38.8 Å². The van der Waals surface area contributed by atoms with Gasteiger partial charge in [-0.25, -0.2) is 4.39 Å². The molecule has 100 valence electrons. The van der Waals surface area contributed by atoms with Gasteiger partial charge in [-0.05, 0) is 31.7 Å². The zero-order valence-corrected chi connectivity index (χ0v) is 11.0. The Morgan fingerprint density at radius 3 is 3.06 bits per heavy atom. The Hall–Kier alpha value is -1.13. The van der Waals surface area contributed by atoms with Crippen molar-refractivity contribution in [2.45, 2.75) is 12.5 Å². The molecular formula is C14H21FN2O. The second kappa shape index (κ2) is 6.16.